The van der Waals surface area contributed by atoms with Crippen molar-refractivity contribution in [1.82, 2.24) is 4.57 Å². The Morgan fingerprint density at radius 2 is 1.64 bits per heavy atom. The third-order valence-corrected chi connectivity index (χ3v) is 5.88. The van der Waals surface area contributed by atoms with Crippen LogP contribution in [0.25, 0.3) is 10.9 Å². The Morgan fingerprint density at radius 3 is 2.46 bits per heavy atom. The molecule has 4 rings (SSSR count). The van der Waals surface area contributed by atoms with E-state index in [1.807, 2.05) is 66.7 Å². The van der Waals surface area contributed by atoms with Gasteiger partial charge in [0.05, 0.1) is 5.75 Å². The summed E-state index contributed by atoms with van der Waals surface area (Å²) in [5.74, 6) is 0.341. The fourth-order valence-corrected chi connectivity index (χ4v) is 4.22. The lowest BCUT2D eigenvalue weighted by molar-refractivity contribution is -0.113. The molecule has 0 bridgehead atoms. The summed E-state index contributed by atoms with van der Waals surface area (Å²) in [5, 5.41) is 4.84. The van der Waals surface area contributed by atoms with E-state index >= 15 is 0 Å². The average Bonchev–Trinajstić information content (AvgIpc) is 3.07. The van der Waals surface area contributed by atoms with Gasteiger partial charge >= 0.3 is 0 Å². The minimum Gasteiger partial charge on any atom is -0.342 e. The van der Waals surface area contributed by atoms with Gasteiger partial charge in [0.2, 0.25) is 5.91 Å². The number of rotatable bonds is 6. The number of amides is 1. The Labute approximate surface area is 173 Å². The quantitative estimate of drug-likeness (QED) is 0.394. The molecule has 0 radical (unpaired) electrons. The van der Waals surface area contributed by atoms with Crippen molar-refractivity contribution in [2.75, 3.05) is 11.1 Å². The van der Waals surface area contributed by atoms with Gasteiger partial charge in [0.15, 0.2) is 0 Å². The minimum atomic E-state index is -0.0147. The molecule has 140 valence electrons. The van der Waals surface area contributed by atoms with Crippen molar-refractivity contribution in [3.8, 4) is 0 Å². The summed E-state index contributed by atoms with van der Waals surface area (Å²) in [6, 6.07) is 25.6. The van der Waals surface area contributed by atoms with Crippen molar-refractivity contribution >= 4 is 45.9 Å². The number of nitrogens with zero attached hydrogens (tertiary/aromatic N) is 1. The number of halogens is 1. The predicted molar refractivity (Wildman–Crippen MR) is 118 cm³/mol. The van der Waals surface area contributed by atoms with E-state index in [9.17, 15) is 4.79 Å². The van der Waals surface area contributed by atoms with Crippen LogP contribution in [-0.4, -0.2) is 16.2 Å². The van der Waals surface area contributed by atoms with Gasteiger partial charge in [0.1, 0.15) is 0 Å². The first-order valence-corrected chi connectivity index (χ1v) is 10.4. The third-order valence-electron chi connectivity index (χ3n) is 4.47. The van der Waals surface area contributed by atoms with Gasteiger partial charge in [-0.15, -0.1) is 11.8 Å². The second kappa shape index (κ2) is 8.55. The molecule has 28 heavy (non-hydrogen) atoms. The zero-order chi connectivity index (χ0) is 19.3. The lowest BCUT2D eigenvalue weighted by Gasteiger charge is -2.07. The van der Waals surface area contributed by atoms with Crippen LogP contribution >= 0.6 is 23.4 Å². The molecule has 0 saturated heterocycles. The second-order valence-electron chi connectivity index (χ2n) is 6.43. The summed E-state index contributed by atoms with van der Waals surface area (Å²) >= 11 is 7.89. The van der Waals surface area contributed by atoms with Crippen LogP contribution in [-0.2, 0) is 11.3 Å². The van der Waals surface area contributed by atoms with Crippen LogP contribution in [0.1, 0.15) is 5.56 Å². The Hall–Kier alpha value is -2.69. The lowest BCUT2D eigenvalue weighted by atomic mass is 10.2. The summed E-state index contributed by atoms with van der Waals surface area (Å²) in [7, 11) is 0. The number of thioether (sulfide) groups is 1. The molecule has 0 saturated carbocycles. The van der Waals surface area contributed by atoms with Gasteiger partial charge < -0.3 is 9.88 Å². The number of para-hydroxylation sites is 2. The highest BCUT2D eigenvalue weighted by Gasteiger charge is 2.12. The number of aromatic nitrogens is 1. The van der Waals surface area contributed by atoms with E-state index in [1.54, 1.807) is 11.8 Å². The Morgan fingerprint density at radius 1 is 0.929 bits per heavy atom. The van der Waals surface area contributed by atoms with Crippen LogP contribution in [0.2, 0.25) is 5.02 Å². The molecule has 3 aromatic carbocycles. The van der Waals surface area contributed by atoms with Crippen LogP contribution in [0.4, 0.5) is 5.69 Å². The van der Waals surface area contributed by atoms with Crippen molar-refractivity contribution in [2.45, 2.75) is 11.4 Å². The minimum absolute atomic E-state index is 0.0147. The van der Waals surface area contributed by atoms with Gasteiger partial charge in [-0.2, -0.15) is 0 Å². The first-order valence-electron chi connectivity index (χ1n) is 9.00. The topological polar surface area (TPSA) is 34.0 Å². The summed E-state index contributed by atoms with van der Waals surface area (Å²) in [5.41, 5.74) is 3.02. The molecule has 0 spiro atoms. The molecule has 0 aliphatic carbocycles. The van der Waals surface area contributed by atoms with Crippen LogP contribution in [0.3, 0.4) is 0 Å². The highest BCUT2D eigenvalue weighted by Crippen LogP contribution is 2.31. The first-order chi connectivity index (χ1) is 13.7. The maximum absolute atomic E-state index is 12.3. The van der Waals surface area contributed by atoms with E-state index in [0.29, 0.717) is 12.3 Å². The van der Waals surface area contributed by atoms with Gasteiger partial charge in [-0.1, -0.05) is 66.2 Å². The number of carbonyl (C=O) groups is 1. The summed E-state index contributed by atoms with van der Waals surface area (Å²) < 4.78 is 2.19. The number of hydrogen-bond donors (Lipinski definition) is 1. The number of fused-ring (bicyclic) bond motifs is 1. The number of anilines is 1. The van der Waals surface area contributed by atoms with Crippen molar-refractivity contribution in [3.63, 3.8) is 0 Å². The first kappa shape index (κ1) is 18.7. The molecule has 1 N–H and O–H groups in total. The molecule has 0 atom stereocenters. The summed E-state index contributed by atoms with van der Waals surface area (Å²) in [6.45, 7) is 0.691. The molecular weight excluding hydrogens is 388 g/mol. The van der Waals surface area contributed by atoms with Crippen LogP contribution in [0.15, 0.2) is 90.0 Å². The monoisotopic (exact) mass is 406 g/mol. The largest absolute Gasteiger partial charge is 0.342 e. The Balaban J connectivity index is 1.53. The van der Waals surface area contributed by atoms with Gasteiger partial charge in [-0.25, -0.2) is 0 Å². The molecule has 1 amide bonds. The molecular formula is C23H19ClN2OS. The summed E-state index contributed by atoms with van der Waals surface area (Å²) in [4.78, 5) is 13.4. The molecule has 0 fully saturated rings. The highest BCUT2D eigenvalue weighted by atomic mass is 35.5. The maximum Gasteiger partial charge on any atom is 0.234 e. The normalized spacial score (nSPS) is 10.9. The molecule has 0 aliphatic rings. The molecule has 0 aliphatic heterocycles. The average molecular weight is 407 g/mol. The number of hydrogen-bond acceptors (Lipinski definition) is 2. The Bertz CT molecular complexity index is 1110. The SMILES string of the molecule is O=C(CSc1cn(Cc2ccccc2Cl)c2ccccc12)Nc1ccccc1. The van der Waals surface area contributed by atoms with Gasteiger partial charge in [0.25, 0.3) is 0 Å². The molecule has 5 heteroatoms. The second-order valence-corrected chi connectivity index (χ2v) is 7.86. The number of carbonyl (C=O) groups excluding carboxylic acids is 1. The molecule has 4 aromatic rings. The molecule has 0 unspecified atom stereocenters. The zero-order valence-electron chi connectivity index (χ0n) is 15.1. The van der Waals surface area contributed by atoms with Crippen molar-refractivity contribution in [2.24, 2.45) is 0 Å². The maximum atomic E-state index is 12.3. The fourth-order valence-electron chi connectivity index (χ4n) is 3.13. The van der Waals surface area contributed by atoms with E-state index in [0.717, 1.165) is 32.1 Å². The van der Waals surface area contributed by atoms with E-state index in [2.05, 4.69) is 28.2 Å². The summed E-state index contributed by atoms with van der Waals surface area (Å²) in [6.07, 6.45) is 2.11. The van der Waals surface area contributed by atoms with E-state index < -0.39 is 0 Å². The van der Waals surface area contributed by atoms with E-state index in [1.165, 1.54) is 0 Å². The fraction of sp³-hybridized carbons (Fsp3) is 0.0870. The van der Waals surface area contributed by atoms with Gasteiger partial charge in [-0.3, -0.25) is 4.79 Å². The smallest absolute Gasteiger partial charge is 0.234 e. The van der Waals surface area contributed by atoms with Crippen molar-refractivity contribution in [3.05, 3.63) is 95.6 Å². The number of benzene rings is 3. The molecule has 1 aromatic heterocycles. The van der Waals surface area contributed by atoms with Crippen molar-refractivity contribution in [1.29, 1.82) is 0 Å². The zero-order valence-corrected chi connectivity index (χ0v) is 16.7. The van der Waals surface area contributed by atoms with Crippen LogP contribution < -0.4 is 5.32 Å². The lowest BCUT2D eigenvalue weighted by Crippen LogP contribution is -2.13. The molecule has 3 nitrogen and oxygen atoms in total. The predicted octanol–water partition coefficient (Wildman–Crippen LogP) is 6.07. The Kier molecular flexibility index (Phi) is 5.70. The van der Waals surface area contributed by atoms with E-state index in [4.69, 9.17) is 11.6 Å². The van der Waals surface area contributed by atoms with E-state index in [-0.39, 0.29) is 5.91 Å². The van der Waals surface area contributed by atoms with Crippen LogP contribution in [0.5, 0.6) is 0 Å². The van der Waals surface area contributed by atoms with Gasteiger partial charge in [-0.05, 0) is 29.8 Å². The van der Waals surface area contributed by atoms with Gasteiger partial charge in [0, 0.05) is 39.3 Å². The highest BCUT2D eigenvalue weighted by molar-refractivity contribution is 8.00. The molecule has 1 heterocycles. The third kappa shape index (κ3) is 4.24. The standard InChI is InChI=1S/C23H19ClN2OS/c24-20-12-6-4-8-17(20)14-26-15-22(19-11-5-7-13-21(19)26)28-16-23(27)25-18-9-2-1-3-10-18/h1-13,15H,14,16H2,(H,25,27). The number of nitrogens with one attached hydrogen (secondary N) is 1. The van der Waals surface area contributed by atoms with Crippen LogP contribution in [0, 0.1) is 0 Å². The van der Waals surface area contributed by atoms with Crippen molar-refractivity contribution < 1.29 is 4.79 Å².